The van der Waals surface area contributed by atoms with E-state index in [1.807, 2.05) is 43.4 Å². The summed E-state index contributed by atoms with van der Waals surface area (Å²) in [7, 11) is 1.84. The molecule has 0 saturated carbocycles. The number of fused-ring (bicyclic) bond motifs is 3. The minimum absolute atomic E-state index is 0.336. The molecule has 5 rings (SSSR count). The van der Waals surface area contributed by atoms with E-state index in [-0.39, 0.29) is 0 Å². The zero-order chi connectivity index (χ0) is 18.4. The molecule has 4 heterocycles. The quantitative estimate of drug-likeness (QED) is 0.373. The number of hydrogen-bond donors (Lipinski definition) is 0. The molecule has 0 fully saturated rings. The molecule has 0 saturated heterocycles. The van der Waals surface area contributed by atoms with Crippen LogP contribution < -0.4 is 4.74 Å². The summed E-state index contributed by atoms with van der Waals surface area (Å²) < 4.78 is 16.1. The van der Waals surface area contributed by atoms with Crippen LogP contribution in [0.25, 0.3) is 28.3 Å². The van der Waals surface area contributed by atoms with Gasteiger partial charge in [-0.25, -0.2) is 14.5 Å². The first kappa shape index (κ1) is 16.2. The van der Waals surface area contributed by atoms with Crippen molar-refractivity contribution < 1.29 is 9.15 Å². The van der Waals surface area contributed by atoms with Crippen LogP contribution in [-0.2, 0) is 13.7 Å². The lowest BCUT2D eigenvalue weighted by atomic mass is 10.3. The summed E-state index contributed by atoms with van der Waals surface area (Å²) in [6, 6.07) is 11.6. The van der Waals surface area contributed by atoms with Crippen LogP contribution in [0.15, 0.2) is 53.3 Å². The van der Waals surface area contributed by atoms with Gasteiger partial charge in [0.05, 0.1) is 11.6 Å². The van der Waals surface area contributed by atoms with Gasteiger partial charge in [-0.2, -0.15) is 5.10 Å². The van der Waals surface area contributed by atoms with Crippen molar-refractivity contribution in [3.05, 3.63) is 58.3 Å². The first-order chi connectivity index (χ1) is 13.2. The molecule has 4 aromatic heterocycles. The van der Waals surface area contributed by atoms with Crippen molar-refractivity contribution in [3.63, 3.8) is 0 Å². The van der Waals surface area contributed by atoms with Crippen molar-refractivity contribution in [1.82, 2.24) is 29.4 Å². The van der Waals surface area contributed by atoms with E-state index in [0.717, 1.165) is 20.4 Å². The van der Waals surface area contributed by atoms with E-state index in [4.69, 9.17) is 9.15 Å². The molecule has 0 N–H and O–H groups in total. The number of rotatable bonds is 4. The van der Waals surface area contributed by atoms with Gasteiger partial charge in [0.2, 0.25) is 5.82 Å². The normalized spacial score (nSPS) is 11.5. The van der Waals surface area contributed by atoms with Crippen LogP contribution in [0, 0.1) is 3.57 Å². The fourth-order valence-corrected chi connectivity index (χ4v) is 3.16. The third-order valence-electron chi connectivity index (χ3n) is 4.15. The Hall–Kier alpha value is -2.95. The highest BCUT2D eigenvalue weighted by molar-refractivity contribution is 14.1. The number of halogens is 1. The highest BCUT2D eigenvalue weighted by Gasteiger charge is 2.15. The fraction of sp³-hybridized carbons (Fsp3) is 0.111. The van der Waals surface area contributed by atoms with Gasteiger partial charge in [0, 0.05) is 10.6 Å². The number of benzene rings is 1. The number of hydrogen-bond acceptors (Lipinski definition) is 6. The largest absolute Gasteiger partial charge is 0.486 e. The van der Waals surface area contributed by atoms with Crippen molar-refractivity contribution in [3.8, 4) is 17.3 Å². The van der Waals surface area contributed by atoms with Gasteiger partial charge in [-0.3, -0.25) is 4.68 Å². The van der Waals surface area contributed by atoms with Gasteiger partial charge in [-0.05, 0) is 59.0 Å². The zero-order valence-electron chi connectivity index (χ0n) is 14.2. The van der Waals surface area contributed by atoms with Crippen LogP contribution in [0.3, 0.4) is 0 Å². The lowest BCUT2D eigenvalue weighted by molar-refractivity contribution is 0.271. The molecule has 0 unspecified atom stereocenters. The maximum atomic E-state index is 5.86. The van der Waals surface area contributed by atoms with Gasteiger partial charge in [0.15, 0.2) is 17.1 Å². The van der Waals surface area contributed by atoms with Crippen LogP contribution in [0.2, 0.25) is 0 Å². The summed E-state index contributed by atoms with van der Waals surface area (Å²) >= 11 is 2.26. The van der Waals surface area contributed by atoms with Crippen LogP contribution in [0.4, 0.5) is 0 Å². The Morgan fingerprint density at radius 1 is 1.11 bits per heavy atom. The van der Waals surface area contributed by atoms with Crippen molar-refractivity contribution in [2.45, 2.75) is 6.61 Å². The van der Waals surface area contributed by atoms with E-state index in [1.165, 1.54) is 0 Å². The summed E-state index contributed by atoms with van der Waals surface area (Å²) in [5.74, 6) is 2.57. The highest BCUT2D eigenvalue weighted by Crippen LogP contribution is 2.23. The minimum atomic E-state index is 0.336. The number of ether oxygens (including phenoxy) is 1. The molecule has 1 aromatic carbocycles. The second kappa shape index (κ2) is 6.34. The van der Waals surface area contributed by atoms with Crippen molar-refractivity contribution in [2.75, 3.05) is 0 Å². The fourth-order valence-electron chi connectivity index (χ4n) is 2.80. The molecule has 0 amide bonds. The molecular weight excluding hydrogens is 459 g/mol. The van der Waals surface area contributed by atoms with Gasteiger partial charge in [0.25, 0.3) is 0 Å². The third kappa shape index (κ3) is 2.93. The Morgan fingerprint density at radius 2 is 1.96 bits per heavy atom. The highest BCUT2D eigenvalue weighted by atomic mass is 127. The number of furan rings is 1. The van der Waals surface area contributed by atoms with Crippen molar-refractivity contribution in [1.29, 1.82) is 0 Å². The monoisotopic (exact) mass is 472 g/mol. The van der Waals surface area contributed by atoms with Crippen LogP contribution in [-0.4, -0.2) is 29.4 Å². The summed E-state index contributed by atoms with van der Waals surface area (Å²) in [6.07, 6.45) is 3.36. The van der Waals surface area contributed by atoms with Gasteiger partial charge in [0.1, 0.15) is 24.4 Å². The lowest BCUT2D eigenvalue weighted by Gasteiger charge is -2.03. The molecule has 134 valence electrons. The maximum absolute atomic E-state index is 5.86. The topological polar surface area (TPSA) is 83.3 Å². The minimum Gasteiger partial charge on any atom is -0.486 e. The molecular formula is C18H13IN6O2. The Morgan fingerprint density at radius 3 is 2.81 bits per heavy atom. The molecule has 5 aromatic rings. The first-order valence-electron chi connectivity index (χ1n) is 8.18. The molecule has 0 aliphatic carbocycles. The van der Waals surface area contributed by atoms with Crippen molar-refractivity contribution >= 4 is 39.3 Å². The predicted molar refractivity (Wildman–Crippen MR) is 106 cm³/mol. The average Bonchev–Trinajstić information content (AvgIpc) is 3.39. The Kier molecular flexibility index (Phi) is 3.81. The second-order valence-electron chi connectivity index (χ2n) is 5.96. The number of aryl methyl sites for hydroxylation is 1. The summed E-state index contributed by atoms with van der Waals surface area (Å²) in [5.41, 5.74) is 1.45. The molecule has 27 heavy (non-hydrogen) atoms. The molecule has 8 nitrogen and oxygen atoms in total. The van der Waals surface area contributed by atoms with E-state index in [2.05, 4.69) is 42.8 Å². The molecule has 0 aliphatic heterocycles. The summed E-state index contributed by atoms with van der Waals surface area (Å²) in [6.45, 7) is 0.336. The smallest absolute Gasteiger partial charge is 0.217 e. The van der Waals surface area contributed by atoms with Gasteiger partial charge >= 0.3 is 0 Å². The van der Waals surface area contributed by atoms with Gasteiger partial charge < -0.3 is 9.15 Å². The van der Waals surface area contributed by atoms with E-state index >= 15 is 0 Å². The SMILES string of the molecule is Cn1ncc2c1ncn1nc(-c3ccc(COc4ccc(I)cc4)o3)nc21. The molecule has 9 heteroatoms. The predicted octanol–water partition coefficient (Wildman–Crippen LogP) is 3.45. The molecule has 0 spiro atoms. The second-order valence-corrected chi connectivity index (χ2v) is 7.21. The lowest BCUT2D eigenvalue weighted by Crippen LogP contribution is -1.94. The number of aromatic nitrogens is 6. The van der Waals surface area contributed by atoms with Crippen LogP contribution in [0.1, 0.15) is 5.76 Å². The van der Waals surface area contributed by atoms with E-state index in [1.54, 1.807) is 21.7 Å². The molecule has 0 aliphatic rings. The number of nitrogens with zero attached hydrogens (tertiary/aromatic N) is 6. The third-order valence-corrected chi connectivity index (χ3v) is 4.86. The van der Waals surface area contributed by atoms with E-state index in [0.29, 0.717) is 29.6 Å². The standard InChI is InChI=1S/C18H13IN6O2/c1-24-17-14(8-21-24)18-22-16(23-25(18)10-20-17)15-7-6-13(27-15)9-26-12-4-2-11(19)3-5-12/h2-8,10H,9H2,1H3. The van der Waals surface area contributed by atoms with Crippen LogP contribution in [0.5, 0.6) is 5.75 Å². The molecule has 0 bridgehead atoms. The summed E-state index contributed by atoms with van der Waals surface area (Å²) in [4.78, 5) is 8.95. The Balaban J connectivity index is 1.42. The Bertz CT molecular complexity index is 1250. The van der Waals surface area contributed by atoms with Gasteiger partial charge in [-0.15, -0.1) is 5.10 Å². The van der Waals surface area contributed by atoms with E-state index < -0.39 is 0 Å². The summed E-state index contributed by atoms with van der Waals surface area (Å²) in [5, 5.41) is 9.52. The Labute approximate surface area is 166 Å². The zero-order valence-corrected chi connectivity index (χ0v) is 16.4. The average molecular weight is 472 g/mol. The molecule has 0 atom stereocenters. The van der Waals surface area contributed by atoms with Gasteiger partial charge in [-0.1, -0.05) is 0 Å². The van der Waals surface area contributed by atoms with E-state index in [9.17, 15) is 0 Å². The molecule has 0 radical (unpaired) electrons. The maximum Gasteiger partial charge on any atom is 0.217 e. The van der Waals surface area contributed by atoms with Crippen molar-refractivity contribution in [2.24, 2.45) is 7.05 Å². The first-order valence-corrected chi connectivity index (χ1v) is 9.26. The van der Waals surface area contributed by atoms with Crippen LogP contribution >= 0.6 is 22.6 Å².